The van der Waals surface area contributed by atoms with E-state index in [2.05, 4.69) is 6.92 Å². The molecule has 1 aromatic carbocycles. The third-order valence-corrected chi connectivity index (χ3v) is 6.11. The minimum absolute atomic E-state index is 0.167. The van der Waals surface area contributed by atoms with Gasteiger partial charge in [0.05, 0.1) is 11.5 Å². The van der Waals surface area contributed by atoms with E-state index in [-0.39, 0.29) is 16.8 Å². The van der Waals surface area contributed by atoms with Gasteiger partial charge in [0.2, 0.25) is 5.91 Å². The molecule has 2 atom stereocenters. The Morgan fingerprint density at radius 2 is 1.96 bits per heavy atom. The second-order valence-electron chi connectivity index (χ2n) is 7.06. The zero-order chi connectivity index (χ0) is 19.2. The highest BCUT2D eigenvalue weighted by Gasteiger charge is 2.30. The second kappa shape index (κ2) is 9.37. The van der Waals surface area contributed by atoms with Crippen LogP contribution >= 0.6 is 0 Å². The van der Waals surface area contributed by atoms with Crippen molar-refractivity contribution in [2.24, 2.45) is 11.7 Å². The number of piperidine rings is 1. The van der Waals surface area contributed by atoms with Crippen molar-refractivity contribution in [1.29, 1.82) is 0 Å². The molecular weight excluding hydrogens is 352 g/mol. The summed E-state index contributed by atoms with van der Waals surface area (Å²) in [6, 6.07) is 6.56. The van der Waals surface area contributed by atoms with E-state index in [0.29, 0.717) is 31.2 Å². The largest absolute Gasteiger partial charge is 0.494 e. The molecule has 0 bridgehead atoms. The van der Waals surface area contributed by atoms with Crippen LogP contribution < -0.4 is 10.5 Å². The number of benzene rings is 1. The van der Waals surface area contributed by atoms with Crippen molar-refractivity contribution in [2.45, 2.75) is 50.0 Å². The summed E-state index contributed by atoms with van der Waals surface area (Å²) in [6.07, 6.45) is 5.42. The van der Waals surface area contributed by atoms with E-state index in [1.165, 1.54) is 6.26 Å². The number of carbonyl (C=O) groups is 1. The average molecular weight is 383 g/mol. The maximum atomic E-state index is 12.5. The average Bonchev–Trinajstić information content (AvgIpc) is 2.60. The lowest BCUT2D eigenvalue weighted by molar-refractivity contribution is -0.136. The van der Waals surface area contributed by atoms with Gasteiger partial charge in [-0.3, -0.25) is 4.79 Å². The van der Waals surface area contributed by atoms with Crippen LogP contribution in [0.1, 0.15) is 39.0 Å². The molecule has 0 radical (unpaired) electrons. The van der Waals surface area contributed by atoms with Gasteiger partial charge < -0.3 is 15.4 Å². The number of amides is 1. The lowest BCUT2D eigenvalue weighted by Crippen LogP contribution is -2.51. The summed E-state index contributed by atoms with van der Waals surface area (Å²) in [5.74, 6) is 1.29. The molecule has 1 saturated heterocycles. The van der Waals surface area contributed by atoms with Crippen LogP contribution in [0.4, 0.5) is 0 Å². The molecule has 26 heavy (non-hydrogen) atoms. The van der Waals surface area contributed by atoms with Crippen molar-refractivity contribution in [3.05, 3.63) is 24.3 Å². The van der Waals surface area contributed by atoms with E-state index < -0.39 is 9.84 Å². The predicted molar refractivity (Wildman–Crippen MR) is 102 cm³/mol. The van der Waals surface area contributed by atoms with E-state index in [1.54, 1.807) is 24.3 Å². The van der Waals surface area contributed by atoms with Crippen molar-refractivity contribution < 1.29 is 17.9 Å². The molecule has 2 rings (SSSR count). The lowest BCUT2D eigenvalue weighted by atomic mass is 9.90. The van der Waals surface area contributed by atoms with Crippen molar-refractivity contribution in [1.82, 2.24) is 4.90 Å². The SMILES string of the molecule is C[C@@H]1CCCN(C(=O)CCCCOc2ccc(S(C)(=O)=O)cc2)[C@H]1CN. The molecule has 0 aliphatic carbocycles. The summed E-state index contributed by atoms with van der Waals surface area (Å²) in [5.41, 5.74) is 5.85. The molecule has 6 nitrogen and oxygen atoms in total. The molecule has 1 aromatic rings. The third kappa shape index (κ3) is 5.71. The Labute approximate surface area is 156 Å². The Hall–Kier alpha value is -1.60. The van der Waals surface area contributed by atoms with E-state index in [0.717, 1.165) is 32.2 Å². The number of likely N-dealkylation sites (tertiary alicyclic amines) is 1. The minimum Gasteiger partial charge on any atom is -0.494 e. The van der Waals surface area contributed by atoms with Gasteiger partial charge in [0.25, 0.3) is 0 Å². The Bertz CT molecular complexity index is 688. The number of carbonyl (C=O) groups excluding carboxylic acids is 1. The van der Waals surface area contributed by atoms with Crippen molar-refractivity contribution >= 4 is 15.7 Å². The quantitative estimate of drug-likeness (QED) is 0.696. The number of nitrogens with zero attached hydrogens (tertiary/aromatic N) is 1. The number of sulfone groups is 1. The van der Waals surface area contributed by atoms with Crippen molar-refractivity contribution in [3.8, 4) is 5.75 Å². The maximum absolute atomic E-state index is 12.5. The molecular formula is C19H30N2O4S. The summed E-state index contributed by atoms with van der Waals surface area (Å²) in [7, 11) is -3.19. The van der Waals surface area contributed by atoms with Crippen LogP contribution in [0.3, 0.4) is 0 Å². The topological polar surface area (TPSA) is 89.7 Å². The van der Waals surface area contributed by atoms with Gasteiger partial charge in [-0.05, 0) is 55.9 Å². The van der Waals surface area contributed by atoms with Crippen LogP contribution in [0.25, 0.3) is 0 Å². The highest BCUT2D eigenvalue weighted by atomic mass is 32.2. The predicted octanol–water partition coefficient (Wildman–Crippen LogP) is 2.23. The summed E-state index contributed by atoms with van der Waals surface area (Å²) < 4.78 is 28.5. The Kier molecular flexibility index (Phi) is 7.46. The van der Waals surface area contributed by atoms with Crippen LogP contribution in [0.15, 0.2) is 29.2 Å². The molecule has 0 saturated carbocycles. The first-order valence-corrected chi connectivity index (χ1v) is 11.1. The molecule has 146 valence electrons. The number of nitrogens with two attached hydrogens (primary N) is 1. The first kappa shape index (κ1) is 20.7. The number of hydrogen-bond donors (Lipinski definition) is 1. The van der Waals surface area contributed by atoms with Crippen LogP contribution in [-0.4, -0.2) is 51.2 Å². The number of unbranched alkanes of at least 4 members (excludes halogenated alkanes) is 1. The van der Waals surface area contributed by atoms with E-state index in [9.17, 15) is 13.2 Å². The Balaban J connectivity index is 1.71. The van der Waals surface area contributed by atoms with Gasteiger partial charge in [0.15, 0.2) is 9.84 Å². The standard InChI is InChI=1S/C19H30N2O4S/c1-15-6-5-12-21(18(15)14-20)19(22)7-3-4-13-25-16-8-10-17(11-9-16)26(2,23)24/h8-11,15,18H,3-7,12-14,20H2,1-2H3/t15-,18+/m1/s1. The summed E-state index contributed by atoms with van der Waals surface area (Å²) in [6.45, 7) is 4.01. The maximum Gasteiger partial charge on any atom is 0.222 e. The fourth-order valence-electron chi connectivity index (χ4n) is 3.41. The number of ether oxygens (including phenoxy) is 1. The van der Waals surface area contributed by atoms with Gasteiger partial charge in [-0.1, -0.05) is 6.92 Å². The molecule has 1 fully saturated rings. The van der Waals surface area contributed by atoms with Crippen LogP contribution in [0.5, 0.6) is 5.75 Å². The summed E-state index contributed by atoms with van der Waals surface area (Å²) in [4.78, 5) is 14.7. The molecule has 1 aliphatic rings. The molecule has 2 N–H and O–H groups in total. The first-order valence-electron chi connectivity index (χ1n) is 9.25. The summed E-state index contributed by atoms with van der Waals surface area (Å²) in [5, 5.41) is 0. The van der Waals surface area contributed by atoms with Gasteiger partial charge in [0, 0.05) is 31.8 Å². The van der Waals surface area contributed by atoms with Crippen LogP contribution in [0, 0.1) is 5.92 Å². The zero-order valence-electron chi connectivity index (χ0n) is 15.7. The van der Waals surface area contributed by atoms with Crippen molar-refractivity contribution in [2.75, 3.05) is 26.0 Å². The monoisotopic (exact) mass is 382 g/mol. The van der Waals surface area contributed by atoms with E-state index in [4.69, 9.17) is 10.5 Å². The van der Waals surface area contributed by atoms with Crippen LogP contribution in [0.2, 0.25) is 0 Å². The van der Waals surface area contributed by atoms with Crippen molar-refractivity contribution in [3.63, 3.8) is 0 Å². The van der Waals surface area contributed by atoms with Gasteiger partial charge >= 0.3 is 0 Å². The highest BCUT2D eigenvalue weighted by Crippen LogP contribution is 2.23. The molecule has 1 aliphatic heterocycles. The minimum atomic E-state index is -3.19. The Morgan fingerprint density at radius 1 is 1.27 bits per heavy atom. The normalized spacial score (nSPS) is 20.8. The van der Waals surface area contributed by atoms with Gasteiger partial charge in [-0.25, -0.2) is 8.42 Å². The Morgan fingerprint density at radius 3 is 2.58 bits per heavy atom. The smallest absolute Gasteiger partial charge is 0.222 e. The zero-order valence-corrected chi connectivity index (χ0v) is 16.5. The number of hydrogen-bond acceptors (Lipinski definition) is 5. The second-order valence-corrected chi connectivity index (χ2v) is 9.07. The molecule has 0 aromatic heterocycles. The molecule has 7 heteroatoms. The van der Waals surface area contributed by atoms with Crippen LogP contribution in [-0.2, 0) is 14.6 Å². The molecule has 0 spiro atoms. The van der Waals surface area contributed by atoms with Gasteiger partial charge in [0.1, 0.15) is 5.75 Å². The molecule has 0 unspecified atom stereocenters. The molecule has 1 amide bonds. The number of rotatable bonds is 8. The van der Waals surface area contributed by atoms with E-state index >= 15 is 0 Å². The fourth-order valence-corrected chi connectivity index (χ4v) is 4.04. The summed E-state index contributed by atoms with van der Waals surface area (Å²) >= 11 is 0. The lowest BCUT2D eigenvalue weighted by Gasteiger charge is -2.39. The highest BCUT2D eigenvalue weighted by molar-refractivity contribution is 7.90. The third-order valence-electron chi connectivity index (χ3n) is 4.98. The fraction of sp³-hybridized carbons (Fsp3) is 0.632. The van der Waals surface area contributed by atoms with Gasteiger partial charge in [-0.2, -0.15) is 0 Å². The van der Waals surface area contributed by atoms with E-state index in [1.807, 2.05) is 4.90 Å². The van der Waals surface area contributed by atoms with Gasteiger partial charge in [-0.15, -0.1) is 0 Å². The first-order chi connectivity index (χ1) is 12.3. The molecule has 1 heterocycles.